The maximum atomic E-state index is 6.95. The molecule has 1 aromatic heterocycles. The molecule has 4 heterocycles. The van der Waals surface area contributed by atoms with E-state index in [-0.39, 0.29) is 28.5 Å². The molecule has 7 aromatic carbocycles. The Balaban J connectivity index is 1.17. The zero-order valence-corrected chi connectivity index (χ0v) is 38.9. The van der Waals surface area contributed by atoms with Crippen molar-refractivity contribution >= 4 is 90.5 Å². The molecule has 3 aliphatic heterocycles. The van der Waals surface area contributed by atoms with Crippen molar-refractivity contribution in [2.45, 2.75) is 110 Å². The van der Waals surface area contributed by atoms with Gasteiger partial charge in [-0.05, 0) is 137 Å². The van der Waals surface area contributed by atoms with E-state index in [1.54, 1.807) is 0 Å². The van der Waals surface area contributed by atoms with Gasteiger partial charge in [0, 0.05) is 56.0 Å². The molecule has 1 fully saturated rings. The average molecular weight is 836 g/mol. The molecule has 1 aliphatic carbocycles. The Hall–Kier alpha value is -6.20. The highest BCUT2D eigenvalue weighted by molar-refractivity contribution is 7.00. The van der Waals surface area contributed by atoms with E-state index in [0.717, 1.165) is 34.0 Å². The molecule has 8 aromatic rings. The molecule has 2 unspecified atom stereocenters. The zero-order chi connectivity index (χ0) is 44.1. The number of rotatable bonds is 3. The molecule has 1 saturated carbocycles. The van der Waals surface area contributed by atoms with E-state index >= 15 is 0 Å². The van der Waals surface area contributed by atoms with Crippen LogP contribution in [0.25, 0.3) is 21.9 Å². The minimum Gasteiger partial charge on any atom is -0.454 e. The summed E-state index contributed by atoms with van der Waals surface area (Å²) in [5.74, 6) is 0. The number of furan rings is 1. The van der Waals surface area contributed by atoms with Gasteiger partial charge in [0.25, 0.3) is 6.71 Å². The number of anilines is 8. The van der Waals surface area contributed by atoms with E-state index < -0.39 is 0 Å². The first-order valence-electron chi connectivity index (χ1n) is 23.6. The van der Waals surface area contributed by atoms with Gasteiger partial charge in [-0.3, -0.25) is 0 Å². The van der Waals surface area contributed by atoms with E-state index in [4.69, 9.17) is 4.42 Å². The fourth-order valence-corrected chi connectivity index (χ4v) is 12.4. The molecule has 318 valence electrons. The van der Waals surface area contributed by atoms with Gasteiger partial charge in [0.15, 0.2) is 5.58 Å². The number of nitrogens with zero attached hydrogens (tertiary/aromatic N) is 3. The lowest BCUT2D eigenvalue weighted by Crippen LogP contribution is -2.61. The number of hydrogen-bond donors (Lipinski definition) is 0. The molecule has 0 spiro atoms. The van der Waals surface area contributed by atoms with E-state index in [0.29, 0.717) is 0 Å². The maximum absolute atomic E-state index is 6.95. The highest BCUT2D eigenvalue weighted by Crippen LogP contribution is 2.61. The molecule has 4 nitrogen and oxygen atoms in total. The molecule has 0 bridgehead atoms. The second-order valence-corrected chi connectivity index (χ2v) is 21.8. The van der Waals surface area contributed by atoms with Crippen LogP contribution in [-0.2, 0) is 16.2 Å². The fourth-order valence-electron chi connectivity index (χ4n) is 12.4. The third-order valence-electron chi connectivity index (χ3n) is 15.9. The van der Waals surface area contributed by atoms with Crippen LogP contribution < -0.4 is 31.1 Å². The van der Waals surface area contributed by atoms with Gasteiger partial charge in [-0.15, -0.1) is 0 Å². The van der Waals surface area contributed by atoms with Crippen LogP contribution >= 0.6 is 0 Å². The van der Waals surface area contributed by atoms with Crippen molar-refractivity contribution in [1.82, 2.24) is 0 Å². The van der Waals surface area contributed by atoms with E-state index in [2.05, 4.69) is 217 Å². The normalized spacial score (nSPS) is 20.0. The zero-order valence-electron chi connectivity index (χ0n) is 38.9. The van der Waals surface area contributed by atoms with Gasteiger partial charge >= 0.3 is 0 Å². The summed E-state index contributed by atoms with van der Waals surface area (Å²) in [5.41, 5.74) is 20.9. The number of benzene rings is 7. The molecule has 2 atom stereocenters. The minimum absolute atomic E-state index is 0.00283. The second-order valence-electron chi connectivity index (χ2n) is 21.8. The van der Waals surface area contributed by atoms with E-state index in [9.17, 15) is 0 Å². The Kier molecular flexibility index (Phi) is 8.26. The van der Waals surface area contributed by atoms with Crippen molar-refractivity contribution in [3.8, 4) is 0 Å². The summed E-state index contributed by atoms with van der Waals surface area (Å²) < 4.78 is 6.95. The molecule has 0 saturated heterocycles. The van der Waals surface area contributed by atoms with Crippen molar-refractivity contribution < 1.29 is 4.42 Å². The molecule has 12 rings (SSSR count). The molecular weight excluding hydrogens is 777 g/mol. The molecule has 5 heteroatoms. The van der Waals surface area contributed by atoms with Gasteiger partial charge in [-0.25, -0.2) is 0 Å². The first kappa shape index (κ1) is 39.4. The predicted octanol–water partition coefficient (Wildman–Crippen LogP) is 14.3. The lowest BCUT2D eigenvalue weighted by atomic mass is 9.33. The number of hydrogen-bond acceptors (Lipinski definition) is 4. The Morgan fingerprint density at radius 1 is 0.531 bits per heavy atom. The summed E-state index contributed by atoms with van der Waals surface area (Å²) in [6.45, 7) is 21.3. The highest BCUT2D eigenvalue weighted by Gasteiger charge is 2.58. The Labute approximate surface area is 379 Å². The third-order valence-corrected chi connectivity index (χ3v) is 15.9. The number of aryl methyl sites for hydroxylation is 1. The van der Waals surface area contributed by atoms with Crippen LogP contribution in [0.3, 0.4) is 0 Å². The van der Waals surface area contributed by atoms with Crippen LogP contribution in [0.5, 0.6) is 0 Å². The van der Waals surface area contributed by atoms with Crippen molar-refractivity contribution in [3.05, 3.63) is 162 Å². The summed E-state index contributed by atoms with van der Waals surface area (Å²) in [6, 6.07) is 53.4. The van der Waals surface area contributed by atoms with Gasteiger partial charge in [-0.2, -0.15) is 0 Å². The Bertz CT molecular complexity index is 3240. The standard InChI is InChI=1S/C59H58BN3O/c1-37-32-51-54-52(33-37)62(48-24-17-21-43-42-20-10-13-25-53(42)64-55(43)48)50-36-41(63-47-23-12-11-22-44(47)58(8)30-14-15-31-59(58,63)9)27-29-46(50)60(54)45-28-26-39(57(5,6)7)35-49(45)61(51)40-19-16-18-38(34-40)56(2,3)4/h10-13,16-29,32-36H,14-15,30-31H2,1-9H3. The first-order chi connectivity index (χ1) is 30.7. The lowest BCUT2D eigenvalue weighted by molar-refractivity contribution is 0.195. The molecular formula is C59H58BN3O. The van der Waals surface area contributed by atoms with Crippen LogP contribution in [0.4, 0.5) is 45.5 Å². The Morgan fingerprint density at radius 3 is 1.97 bits per heavy atom. The van der Waals surface area contributed by atoms with Crippen molar-refractivity contribution in [2.24, 2.45) is 0 Å². The maximum Gasteiger partial charge on any atom is 0.252 e. The summed E-state index contributed by atoms with van der Waals surface area (Å²) in [5, 5.41) is 2.27. The van der Waals surface area contributed by atoms with Crippen LogP contribution in [-0.4, -0.2) is 12.3 Å². The van der Waals surface area contributed by atoms with Crippen molar-refractivity contribution in [1.29, 1.82) is 0 Å². The SMILES string of the molecule is Cc1cc2c3c(c1)N(c1cccc4c1oc1ccccc14)c1cc(N4c5ccccc5C5(C)CCCCC45C)ccc1B3c1ccc(C(C)(C)C)cc1N2c1cccc(C(C)(C)C)c1. The summed E-state index contributed by atoms with van der Waals surface area (Å²) in [6.07, 6.45) is 4.85. The molecule has 4 aliphatic rings. The summed E-state index contributed by atoms with van der Waals surface area (Å²) >= 11 is 0. The van der Waals surface area contributed by atoms with Crippen LogP contribution in [0.1, 0.15) is 103 Å². The second kappa shape index (κ2) is 13.4. The predicted molar refractivity (Wildman–Crippen MR) is 273 cm³/mol. The molecule has 0 amide bonds. The van der Waals surface area contributed by atoms with Gasteiger partial charge in [0.2, 0.25) is 0 Å². The van der Waals surface area contributed by atoms with Gasteiger partial charge in [-0.1, -0.05) is 140 Å². The van der Waals surface area contributed by atoms with Crippen LogP contribution in [0.15, 0.2) is 144 Å². The monoisotopic (exact) mass is 835 g/mol. The van der Waals surface area contributed by atoms with Gasteiger partial charge in [0.05, 0.1) is 11.2 Å². The van der Waals surface area contributed by atoms with E-state index in [1.807, 2.05) is 0 Å². The Morgan fingerprint density at radius 2 is 1.17 bits per heavy atom. The minimum atomic E-state index is -0.0635. The van der Waals surface area contributed by atoms with Crippen LogP contribution in [0.2, 0.25) is 0 Å². The van der Waals surface area contributed by atoms with Crippen LogP contribution in [0, 0.1) is 6.92 Å². The number of para-hydroxylation sites is 3. The number of fused-ring (bicyclic) bond motifs is 10. The largest absolute Gasteiger partial charge is 0.454 e. The molecule has 64 heavy (non-hydrogen) atoms. The smallest absolute Gasteiger partial charge is 0.252 e. The quantitative estimate of drug-likeness (QED) is 0.165. The van der Waals surface area contributed by atoms with E-state index in [1.165, 1.54) is 97.7 Å². The van der Waals surface area contributed by atoms with Gasteiger partial charge in [0.1, 0.15) is 5.58 Å². The highest BCUT2D eigenvalue weighted by atomic mass is 16.3. The summed E-state index contributed by atoms with van der Waals surface area (Å²) in [4.78, 5) is 7.87. The first-order valence-corrected chi connectivity index (χ1v) is 23.6. The molecule has 0 N–H and O–H groups in total. The lowest BCUT2D eigenvalue weighted by Gasteiger charge is -2.50. The fraction of sp³-hybridized carbons (Fsp3) is 0.288. The van der Waals surface area contributed by atoms with Crippen molar-refractivity contribution in [3.63, 3.8) is 0 Å². The van der Waals surface area contributed by atoms with Crippen molar-refractivity contribution in [2.75, 3.05) is 14.7 Å². The average Bonchev–Trinajstić information content (AvgIpc) is 3.75. The third kappa shape index (κ3) is 5.42. The topological polar surface area (TPSA) is 22.9 Å². The summed E-state index contributed by atoms with van der Waals surface area (Å²) in [7, 11) is 0. The molecule has 0 radical (unpaired) electrons. The van der Waals surface area contributed by atoms with Gasteiger partial charge < -0.3 is 19.1 Å².